The quantitative estimate of drug-likeness (QED) is 0.156. The van der Waals surface area contributed by atoms with Gasteiger partial charge in [-0.15, -0.1) is 11.3 Å². The van der Waals surface area contributed by atoms with Crippen molar-refractivity contribution in [2.75, 3.05) is 4.90 Å². The molecule has 0 aliphatic heterocycles. The molecule has 2 heteroatoms. The lowest BCUT2D eigenvalue weighted by Gasteiger charge is -2.26. The van der Waals surface area contributed by atoms with Gasteiger partial charge in [-0.3, -0.25) is 0 Å². The van der Waals surface area contributed by atoms with Crippen molar-refractivity contribution in [2.24, 2.45) is 0 Å². The van der Waals surface area contributed by atoms with E-state index in [0.29, 0.717) is 16.8 Å². The highest BCUT2D eigenvalue weighted by Crippen LogP contribution is 2.42. The normalized spacial score (nSPS) is 13.4. The molecule has 0 bridgehead atoms. The summed E-state index contributed by atoms with van der Waals surface area (Å²) >= 11 is 1.53. The van der Waals surface area contributed by atoms with Crippen molar-refractivity contribution in [2.45, 2.75) is 0 Å². The van der Waals surface area contributed by atoms with Crippen LogP contribution in [0.4, 0.5) is 17.1 Å². The lowest BCUT2D eigenvalue weighted by Crippen LogP contribution is -2.09. The van der Waals surface area contributed by atoms with Gasteiger partial charge in [0.1, 0.15) is 0 Å². The molecule has 11 rings (SSSR count). The molecule has 0 aliphatic carbocycles. The number of rotatable bonds is 7. The van der Waals surface area contributed by atoms with Gasteiger partial charge in [-0.25, -0.2) is 0 Å². The van der Waals surface area contributed by atoms with Gasteiger partial charge in [-0.1, -0.05) is 176 Å². The first-order valence-corrected chi connectivity index (χ1v) is 20.0. The van der Waals surface area contributed by atoms with E-state index < -0.39 is 12.1 Å². The first-order chi connectivity index (χ1) is 32.1. The molecule has 0 radical (unpaired) electrons. The Balaban J connectivity index is 1.08. The van der Waals surface area contributed by atoms with E-state index in [9.17, 15) is 11.0 Å². The summed E-state index contributed by atoms with van der Waals surface area (Å²) in [7, 11) is 0. The molecule has 0 amide bonds. The summed E-state index contributed by atoms with van der Waals surface area (Å²) in [4.78, 5) is 1.37. The second-order valence-electron chi connectivity index (χ2n) is 14.3. The second-order valence-corrected chi connectivity index (χ2v) is 15.3. The van der Waals surface area contributed by atoms with Crippen LogP contribution in [-0.4, -0.2) is 0 Å². The second kappa shape index (κ2) is 14.4. The van der Waals surface area contributed by atoms with Gasteiger partial charge in [-0.2, -0.15) is 0 Å². The van der Waals surface area contributed by atoms with E-state index in [1.54, 1.807) is 24.3 Å². The van der Waals surface area contributed by atoms with E-state index in [-0.39, 0.29) is 58.8 Å². The Labute approximate surface area is 353 Å². The molecule has 0 fully saturated rings. The van der Waals surface area contributed by atoms with Crippen molar-refractivity contribution in [1.82, 2.24) is 0 Å². The minimum Gasteiger partial charge on any atom is -0.311 e. The standard InChI is InChI=1S/C56H37NS/c1-2-11-45-37-46(24-23-38(45)9-1)41-21-19-39(20-22-41)40-25-31-47(32-26-40)57(48-33-27-43(28-34-48)51-15-7-12-42-10-3-4-13-50(42)51)49-35-29-44(30-36-49)52-16-8-17-54-53-14-5-6-18-55(53)58-56(52)54/h1-37H/i25D,26D,29D,30D,31D,32D,35D,36D. The summed E-state index contributed by atoms with van der Waals surface area (Å²) in [5.74, 6) is 0. The van der Waals surface area contributed by atoms with Gasteiger partial charge in [0, 0.05) is 37.2 Å². The number of hydrogen-bond acceptors (Lipinski definition) is 2. The predicted molar refractivity (Wildman–Crippen MR) is 251 cm³/mol. The summed E-state index contributed by atoms with van der Waals surface area (Å²) < 4.78 is 78.3. The maximum absolute atomic E-state index is 9.65. The van der Waals surface area contributed by atoms with E-state index in [4.69, 9.17) is 0 Å². The van der Waals surface area contributed by atoms with Gasteiger partial charge in [0.2, 0.25) is 0 Å². The van der Waals surface area contributed by atoms with Gasteiger partial charge in [0.25, 0.3) is 0 Å². The fourth-order valence-corrected chi connectivity index (χ4v) is 9.12. The molecule has 0 unspecified atom stereocenters. The van der Waals surface area contributed by atoms with Crippen LogP contribution in [0.5, 0.6) is 0 Å². The summed E-state index contributed by atoms with van der Waals surface area (Å²) in [6, 6.07) is 54.2. The molecule has 1 aromatic heterocycles. The summed E-state index contributed by atoms with van der Waals surface area (Å²) in [6.45, 7) is 0. The molecule has 1 heterocycles. The van der Waals surface area contributed by atoms with Crippen LogP contribution in [0.3, 0.4) is 0 Å². The molecule has 0 saturated heterocycles. The third-order valence-corrected chi connectivity index (χ3v) is 12.0. The zero-order valence-corrected chi connectivity index (χ0v) is 31.9. The van der Waals surface area contributed by atoms with Crippen LogP contribution in [0.2, 0.25) is 0 Å². The third-order valence-electron chi connectivity index (χ3n) is 10.8. The Morgan fingerprint density at radius 3 is 1.62 bits per heavy atom. The molecule has 58 heavy (non-hydrogen) atoms. The Morgan fingerprint density at radius 1 is 0.328 bits per heavy atom. The lowest BCUT2D eigenvalue weighted by molar-refractivity contribution is 1.28. The maximum atomic E-state index is 9.65. The molecular formula is C56H37NS. The number of hydrogen-bond donors (Lipinski definition) is 0. The summed E-state index contributed by atoms with van der Waals surface area (Å²) in [6.07, 6.45) is 0. The highest BCUT2D eigenvalue weighted by Gasteiger charge is 2.16. The first-order valence-electron chi connectivity index (χ1n) is 23.2. The zero-order valence-electron chi connectivity index (χ0n) is 39.1. The smallest absolute Gasteiger partial charge is 0.0645 e. The molecule has 1 nitrogen and oxygen atoms in total. The lowest BCUT2D eigenvalue weighted by atomic mass is 9.97. The molecule has 10 aromatic carbocycles. The Kier molecular flexibility index (Phi) is 6.57. The van der Waals surface area contributed by atoms with E-state index in [0.717, 1.165) is 64.0 Å². The fraction of sp³-hybridized carbons (Fsp3) is 0. The van der Waals surface area contributed by atoms with Crippen LogP contribution < -0.4 is 4.90 Å². The summed E-state index contributed by atoms with van der Waals surface area (Å²) in [5, 5.41) is 6.35. The molecule has 0 N–H and O–H groups in total. The van der Waals surface area contributed by atoms with Gasteiger partial charge in [0.15, 0.2) is 0 Å². The van der Waals surface area contributed by atoms with Crippen molar-refractivity contribution in [3.63, 3.8) is 0 Å². The highest BCUT2D eigenvalue weighted by atomic mass is 32.1. The van der Waals surface area contributed by atoms with Crippen LogP contribution in [0.1, 0.15) is 11.0 Å². The Morgan fingerprint density at radius 2 is 0.862 bits per heavy atom. The summed E-state index contributed by atoms with van der Waals surface area (Å²) in [5.41, 5.74) is 5.07. The van der Waals surface area contributed by atoms with Crippen molar-refractivity contribution in [3.05, 3.63) is 224 Å². The first kappa shape index (κ1) is 26.6. The van der Waals surface area contributed by atoms with Crippen molar-refractivity contribution in [1.29, 1.82) is 0 Å². The SMILES string of the molecule is [2H]c1c([2H])c(N(c2ccc(-c3cccc4ccccc34)cc2)c2c([2H])c([2H])c(-c3cccc4c3sc3ccccc34)c([2H])c2[2H])c([2H])c([2H])c1-c1ccc(-c2ccc3ccccc3c2)cc1. The van der Waals surface area contributed by atoms with Crippen LogP contribution in [0.25, 0.3) is 86.2 Å². The van der Waals surface area contributed by atoms with E-state index in [1.165, 1.54) is 16.2 Å². The van der Waals surface area contributed by atoms with E-state index >= 15 is 0 Å². The maximum Gasteiger partial charge on any atom is 0.0645 e. The Bertz CT molecular complexity index is 3690. The van der Waals surface area contributed by atoms with E-state index in [1.807, 2.05) is 121 Å². The van der Waals surface area contributed by atoms with Gasteiger partial charge in [0.05, 0.1) is 11.0 Å². The minimum absolute atomic E-state index is 0.108. The molecule has 0 saturated carbocycles. The van der Waals surface area contributed by atoms with Gasteiger partial charge < -0.3 is 4.90 Å². The molecule has 11 aromatic rings. The van der Waals surface area contributed by atoms with Crippen LogP contribution in [0, 0.1) is 0 Å². The van der Waals surface area contributed by atoms with Gasteiger partial charge >= 0.3 is 0 Å². The molecule has 0 atom stereocenters. The zero-order chi connectivity index (χ0) is 45.4. The highest BCUT2D eigenvalue weighted by molar-refractivity contribution is 7.26. The topological polar surface area (TPSA) is 3.24 Å². The fourth-order valence-electron chi connectivity index (χ4n) is 7.89. The number of thiophene rings is 1. The third kappa shape index (κ3) is 6.12. The predicted octanol–water partition coefficient (Wildman–Crippen LogP) is 16.5. The average molecular weight is 764 g/mol. The Hall–Kier alpha value is -7.26. The number of fused-ring (bicyclic) bond motifs is 5. The average Bonchev–Trinajstić information content (AvgIpc) is 3.74. The number of nitrogens with zero attached hydrogens (tertiary/aromatic N) is 1. The molecule has 0 spiro atoms. The van der Waals surface area contributed by atoms with Crippen molar-refractivity contribution in [3.8, 4) is 44.5 Å². The van der Waals surface area contributed by atoms with Crippen molar-refractivity contribution < 1.29 is 11.0 Å². The molecule has 272 valence electrons. The number of benzene rings is 10. The van der Waals surface area contributed by atoms with Crippen molar-refractivity contribution >= 4 is 70.1 Å². The molecule has 0 aliphatic rings. The largest absolute Gasteiger partial charge is 0.311 e. The monoisotopic (exact) mass is 763 g/mol. The van der Waals surface area contributed by atoms with Crippen LogP contribution in [-0.2, 0) is 0 Å². The van der Waals surface area contributed by atoms with Crippen LogP contribution >= 0.6 is 11.3 Å². The van der Waals surface area contributed by atoms with Gasteiger partial charge in [-0.05, 0) is 114 Å². The number of anilines is 3. The minimum atomic E-state index is -0.390. The molecular weight excluding hydrogens is 719 g/mol. The van der Waals surface area contributed by atoms with E-state index in [2.05, 4.69) is 30.3 Å². The van der Waals surface area contributed by atoms with Crippen LogP contribution in [0.15, 0.2) is 224 Å².